The summed E-state index contributed by atoms with van der Waals surface area (Å²) < 4.78 is 12.2. The molecule has 8 bridgehead atoms. The smallest absolute Gasteiger partial charge is 0.159 e. The molecule has 4 aromatic carbocycles. The molecule has 7 rings (SSSR count). The predicted molar refractivity (Wildman–Crippen MR) is 270 cm³/mol. The number of aromatic nitrogens is 2. The van der Waals surface area contributed by atoms with E-state index in [-0.39, 0.29) is 11.5 Å². The summed E-state index contributed by atoms with van der Waals surface area (Å²) in [7, 11) is 0. The van der Waals surface area contributed by atoms with Gasteiger partial charge in [-0.25, -0.2) is 9.97 Å². The fraction of sp³-hybridized carbons (Fsp3) is 0.441. The molecule has 6 heteroatoms. The number of fused-ring (bicyclic) bond motifs is 14. The number of aryl methyl sites for hydroxylation is 4. The lowest BCUT2D eigenvalue weighted by molar-refractivity contribution is -0.114. The zero-order chi connectivity index (χ0) is 45.1. The number of aliphatic hydroxyl groups is 1. The van der Waals surface area contributed by atoms with Crippen LogP contribution in [0.1, 0.15) is 136 Å². The van der Waals surface area contributed by atoms with Crippen LogP contribution in [0.25, 0.3) is 44.3 Å². The molecule has 0 spiro atoms. The first-order valence-corrected chi connectivity index (χ1v) is 24.9. The Labute approximate surface area is 388 Å². The van der Waals surface area contributed by atoms with Gasteiger partial charge in [-0.15, -0.1) is 0 Å². The second-order valence-electron chi connectivity index (χ2n) is 18.6. The standard InChI is InChI=1S/C59H72N2O4/c1-44-35-46-29-31-64-33-34-65-32-30-47-36-45(2)38-51(40-47)59-42-49(55-26-18-20-28-57(55)61-59)22-14-10-6-4-8-12-16-24-53(63)43-52(62)23-15-11-7-3-5-9-13-21-48-41-58(50(37-44)39-46)60-56-27-19-17-25-54(48)56/h17-20,25-28,35-43,62H,3-16,21-24,29-34H2,1-2H3. The summed E-state index contributed by atoms with van der Waals surface area (Å²) in [4.78, 5) is 22.8. The van der Waals surface area contributed by atoms with Gasteiger partial charge in [0.2, 0.25) is 0 Å². The van der Waals surface area contributed by atoms with Crippen LogP contribution in [-0.4, -0.2) is 47.3 Å². The summed E-state index contributed by atoms with van der Waals surface area (Å²) in [6.45, 7) is 6.77. The van der Waals surface area contributed by atoms with Crippen molar-refractivity contribution in [1.29, 1.82) is 0 Å². The van der Waals surface area contributed by atoms with Gasteiger partial charge in [-0.3, -0.25) is 4.79 Å². The van der Waals surface area contributed by atoms with Gasteiger partial charge < -0.3 is 14.6 Å². The van der Waals surface area contributed by atoms with Crippen LogP contribution in [0.5, 0.6) is 0 Å². The number of benzene rings is 4. The molecule has 6 aromatic rings. The lowest BCUT2D eigenvalue weighted by Gasteiger charge is -2.13. The maximum absolute atomic E-state index is 12.6. The third kappa shape index (κ3) is 15.2. The summed E-state index contributed by atoms with van der Waals surface area (Å²) in [6.07, 6.45) is 22.1. The van der Waals surface area contributed by atoms with Gasteiger partial charge in [0.05, 0.1) is 54.6 Å². The van der Waals surface area contributed by atoms with E-state index in [0.29, 0.717) is 39.3 Å². The number of hydrogen-bond donors (Lipinski definition) is 1. The van der Waals surface area contributed by atoms with Crippen LogP contribution in [0, 0.1) is 13.8 Å². The molecule has 65 heavy (non-hydrogen) atoms. The molecule has 1 aliphatic rings. The van der Waals surface area contributed by atoms with Crippen LogP contribution in [-0.2, 0) is 40.0 Å². The number of pyridine rings is 2. The Morgan fingerprint density at radius 3 is 1.34 bits per heavy atom. The van der Waals surface area contributed by atoms with Crippen LogP contribution in [0.15, 0.2) is 109 Å². The highest BCUT2D eigenvalue weighted by Gasteiger charge is 2.12. The number of carbonyl (C=O) groups excluding carboxylic acids is 1. The summed E-state index contributed by atoms with van der Waals surface area (Å²) in [5.74, 6) is 0.309. The number of carbonyl (C=O) groups is 1. The molecule has 342 valence electrons. The van der Waals surface area contributed by atoms with Gasteiger partial charge >= 0.3 is 0 Å². The van der Waals surface area contributed by atoms with Gasteiger partial charge in [-0.05, 0) is 136 Å². The van der Waals surface area contributed by atoms with Crippen molar-refractivity contribution < 1.29 is 19.4 Å². The van der Waals surface area contributed by atoms with Gasteiger partial charge in [0.1, 0.15) is 0 Å². The molecule has 0 saturated heterocycles. The number of ketones is 1. The average molecular weight is 873 g/mol. The van der Waals surface area contributed by atoms with Gasteiger partial charge in [0.25, 0.3) is 0 Å². The number of allylic oxidation sites excluding steroid dienone is 2. The quantitative estimate of drug-likeness (QED) is 0.164. The zero-order valence-corrected chi connectivity index (χ0v) is 39.4. The Kier molecular flexibility index (Phi) is 18.7. The van der Waals surface area contributed by atoms with Crippen LogP contribution in [0.2, 0.25) is 0 Å². The van der Waals surface area contributed by atoms with Crippen LogP contribution < -0.4 is 0 Å². The Balaban J connectivity index is 0.982. The first kappa shape index (κ1) is 47.8. The number of aliphatic hydroxyl groups excluding tert-OH is 1. The van der Waals surface area contributed by atoms with Crippen LogP contribution in [0.3, 0.4) is 0 Å². The predicted octanol–water partition coefficient (Wildman–Crippen LogP) is 14.9. The highest BCUT2D eigenvalue weighted by Crippen LogP contribution is 2.30. The van der Waals surface area contributed by atoms with Gasteiger partial charge in [0.15, 0.2) is 5.78 Å². The molecule has 0 amide bonds. The largest absolute Gasteiger partial charge is 0.512 e. The molecule has 1 N–H and O–H groups in total. The topological polar surface area (TPSA) is 81.5 Å². The Morgan fingerprint density at radius 1 is 0.446 bits per heavy atom. The van der Waals surface area contributed by atoms with Crippen molar-refractivity contribution in [2.45, 2.75) is 142 Å². The van der Waals surface area contributed by atoms with E-state index < -0.39 is 0 Å². The summed E-state index contributed by atoms with van der Waals surface area (Å²) >= 11 is 0. The third-order valence-electron chi connectivity index (χ3n) is 13.0. The Bertz CT molecular complexity index is 2490. The van der Waals surface area contributed by atoms with E-state index in [4.69, 9.17) is 19.4 Å². The molecule has 1 aliphatic heterocycles. The molecule has 0 fully saturated rings. The fourth-order valence-electron chi connectivity index (χ4n) is 9.55. The van der Waals surface area contributed by atoms with Crippen molar-refractivity contribution in [3.8, 4) is 22.5 Å². The highest BCUT2D eigenvalue weighted by atomic mass is 16.5. The van der Waals surface area contributed by atoms with E-state index in [1.165, 1.54) is 88.8 Å². The van der Waals surface area contributed by atoms with Crippen molar-refractivity contribution in [1.82, 2.24) is 9.97 Å². The summed E-state index contributed by atoms with van der Waals surface area (Å²) in [5.41, 5.74) is 14.2. The molecule has 0 aliphatic carbocycles. The molecule has 2 aromatic heterocycles. The van der Waals surface area contributed by atoms with Crippen molar-refractivity contribution in [3.05, 3.63) is 142 Å². The number of ether oxygens (including phenoxy) is 2. The minimum atomic E-state index is 0.0608. The van der Waals surface area contributed by atoms with E-state index in [0.717, 1.165) is 111 Å². The normalized spacial score (nSPS) is 17.2. The van der Waals surface area contributed by atoms with Crippen molar-refractivity contribution in [2.75, 3.05) is 26.4 Å². The lowest BCUT2D eigenvalue weighted by Crippen LogP contribution is -2.09. The molecule has 3 heterocycles. The van der Waals surface area contributed by atoms with Gasteiger partial charge in [0, 0.05) is 40.8 Å². The molecule has 6 nitrogen and oxygen atoms in total. The summed E-state index contributed by atoms with van der Waals surface area (Å²) in [6, 6.07) is 35.3. The van der Waals surface area contributed by atoms with Crippen LogP contribution in [0.4, 0.5) is 0 Å². The van der Waals surface area contributed by atoms with E-state index >= 15 is 0 Å². The van der Waals surface area contributed by atoms with Crippen molar-refractivity contribution in [2.24, 2.45) is 0 Å². The zero-order valence-electron chi connectivity index (χ0n) is 39.4. The molecule has 0 saturated carbocycles. The SMILES string of the molecule is Cc1cc2cc(c1)-c1cc(c3ccccc3n1)CCCCCCCCCC(=O)C=C(O)CCCCCCCCCc1cc(nc3ccccc13)-c1cc(C)cc(c1)CCOCCOCC2. The fourth-order valence-corrected chi connectivity index (χ4v) is 9.55. The average Bonchev–Trinajstić information content (AvgIpc) is 3.30. The maximum Gasteiger partial charge on any atom is 0.159 e. The molecular weight excluding hydrogens is 801 g/mol. The van der Waals surface area contributed by atoms with Crippen LogP contribution >= 0.6 is 0 Å². The van der Waals surface area contributed by atoms with E-state index in [1.807, 2.05) is 0 Å². The molecule has 0 atom stereocenters. The molecular formula is C59H72N2O4. The number of para-hydroxylation sites is 2. The summed E-state index contributed by atoms with van der Waals surface area (Å²) in [5, 5.41) is 12.9. The Morgan fingerprint density at radius 2 is 0.862 bits per heavy atom. The number of nitrogens with zero attached hydrogens (tertiary/aromatic N) is 2. The maximum atomic E-state index is 12.6. The van der Waals surface area contributed by atoms with E-state index in [1.54, 1.807) is 0 Å². The number of rotatable bonds is 0. The van der Waals surface area contributed by atoms with E-state index in [2.05, 4.69) is 111 Å². The van der Waals surface area contributed by atoms with Crippen molar-refractivity contribution in [3.63, 3.8) is 0 Å². The number of hydrogen-bond acceptors (Lipinski definition) is 6. The minimum absolute atomic E-state index is 0.0608. The lowest BCUT2D eigenvalue weighted by atomic mass is 9.97. The van der Waals surface area contributed by atoms with Gasteiger partial charge in [-0.1, -0.05) is 124 Å². The van der Waals surface area contributed by atoms with Crippen molar-refractivity contribution >= 4 is 27.6 Å². The monoisotopic (exact) mass is 873 g/mol. The molecule has 0 unspecified atom stereocenters. The van der Waals surface area contributed by atoms with E-state index in [9.17, 15) is 9.90 Å². The first-order valence-electron chi connectivity index (χ1n) is 24.9. The first-order chi connectivity index (χ1) is 31.9. The van der Waals surface area contributed by atoms with Gasteiger partial charge in [-0.2, -0.15) is 0 Å². The second kappa shape index (κ2) is 25.5. The second-order valence-corrected chi connectivity index (χ2v) is 18.6. The third-order valence-corrected chi connectivity index (χ3v) is 13.0. The highest BCUT2D eigenvalue weighted by molar-refractivity contribution is 5.90. The molecule has 0 radical (unpaired) electrons. The Hall–Kier alpha value is -5.17. The minimum Gasteiger partial charge on any atom is -0.512 e.